The highest BCUT2D eigenvalue weighted by Crippen LogP contribution is 2.46. The summed E-state index contributed by atoms with van der Waals surface area (Å²) in [5.41, 5.74) is 0.120. The van der Waals surface area contributed by atoms with Crippen LogP contribution in [0.2, 0.25) is 0 Å². The standard InChI is InChI=1S/C9H16O2/c1-7-9(6-10)4-2-8(11-7)3-5-9/h7-8,10H,2-6H2,1H3. The van der Waals surface area contributed by atoms with Crippen LogP contribution in [0.15, 0.2) is 0 Å². The van der Waals surface area contributed by atoms with E-state index in [2.05, 4.69) is 6.92 Å². The minimum Gasteiger partial charge on any atom is -0.396 e. The number of aliphatic hydroxyl groups excluding tert-OH is 1. The fourth-order valence-corrected chi connectivity index (χ4v) is 2.43. The van der Waals surface area contributed by atoms with Crippen molar-refractivity contribution in [1.82, 2.24) is 0 Å². The molecule has 3 rings (SSSR count). The molecule has 0 aromatic rings. The van der Waals surface area contributed by atoms with Gasteiger partial charge in [0.25, 0.3) is 0 Å². The number of rotatable bonds is 1. The molecule has 2 nitrogen and oxygen atoms in total. The molecule has 0 spiro atoms. The zero-order valence-electron chi connectivity index (χ0n) is 7.05. The highest BCUT2D eigenvalue weighted by Gasteiger charge is 2.45. The zero-order chi connectivity index (χ0) is 7.90. The Morgan fingerprint density at radius 3 is 2.45 bits per heavy atom. The van der Waals surface area contributed by atoms with Gasteiger partial charge in [0.15, 0.2) is 0 Å². The minimum atomic E-state index is 0.120. The summed E-state index contributed by atoms with van der Waals surface area (Å²) in [5, 5.41) is 9.26. The summed E-state index contributed by atoms with van der Waals surface area (Å²) >= 11 is 0. The summed E-state index contributed by atoms with van der Waals surface area (Å²) in [4.78, 5) is 0. The molecule has 3 fully saturated rings. The van der Waals surface area contributed by atoms with Crippen molar-refractivity contribution in [2.24, 2.45) is 5.41 Å². The maximum Gasteiger partial charge on any atom is 0.0628 e. The second-order valence-electron chi connectivity index (χ2n) is 4.00. The van der Waals surface area contributed by atoms with Crippen molar-refractivity contribution in [2.45, 2.75) is 44.8 Å². The topological polar surface area (TPSA) is 29.5 Å². The molecule has 2 saturated heterocycles. The first-order chi connectivity index (χ1) is 5.27. The Labute approximate surface area is 67.6 Å². The third-order valence-electron chi connectivity index (χ3n) is 3.50. The lowest BCUT2D eigenvalue weighted by molar-refractivity contribution is -0.180. The van der Waals surface area contributed by atoms with Crippen molar-refractivity contribution in [1.29, 1.82) is 0 Å². The van der Waals surface area contributed by atoms with Crippen molar-refractivity contribution in [3.8, 4) is 0 Å². The van der Waals surface area contributed by atoms with Crippen molar-refractivity contribution >= 4 is 0 Å². The van der Waals surface area contributed by atoms with Gasteiger partial charge in [-0.2, -0.15) is 0 Å². The van der Waals surface area contributed by atoms with Crippen molar-refractivity contribution in [3.05, 3.63) is 0 Å². The maximum atomic E-state index is 9.26. The largest absolute Gasteiger partial charge is 0.396 e. The van der Waals surface area contributed by atoms with Gasteiger partial charge in [-0.15, -0.1) is 0 Å². The van der Waals surface area contributed by atoms with Gasteiger partial charge >= 0.3 is 0 Å². The second-order valence-corrected chi connectivity index (χ2v) is 4.00. The van der Waals surface area contributed by atoms with Crippen LogP contribution in [0, 0.1) is 5.41 Å². The van der Waals surface area contributed by atoms with Gasteiger partial charge in [0, 0.05) is 5.41 Å². The average Bonchev–Trinajstić information content (AvgIpc) is 2.07. The van der Waals surface area contributed by atoms with Crippen molar-refractivity contribution in [3.63, 3.8) is 0 Å². The van der Waals surface area contributed by atoms with Gasteiger partial charge in [0.05, 0.1) is 18.8 Å². The lowest BCUT2D eigenvalue weighted by Crippen LogP contribution is -2.50. The molecule has 2 heteroatoms. The Balaban J connectivity index is 2.16. The Morgan fingerprint density at radius 2 is 2.09 bits per heavy atom. The monoisotopic (exact) mass is 156 g/mol. The molecule has 0 radical (unpaired) electrons. The van der Waals surface area contributed by atoms with Crippen molar-refractivity contribution in [2.75, 3.05) is 6.61 Å². The summed E-state index contributed by atoms with van der Waals surface area (Å²) in [7, 11) is 0. The molecule has 1 aliphatic carbocycles. The molecule has 0 aromatic heterocycles. The summed E-state index contributed by atoms with van der Waals surface area (Å²) in [6.07, 6.45) is 5.42. The molecule has 1 atom stereocenters. The Morgan fingerprint density at radius 1 is 1.45 bits per heavy atom. The fraction of sp³-hybridized carbons (Fsp3) is 1.00. The summed E-state index contributed by atoms with van der Waals surface area (Å²) in [6.45, 7) is 2.41. The molecule has 1 N–H and O–H groups in total. The quantitative estimate of drug-likeness (QED) is 0.620. The van der Waals surface area contributed by atoms with Gasteiger partial charge in [-0.1, -0.05) is 0 Å². The van der Waals surface area contributed by atoms with Crippen LogP contribution >= 0.6 is 0 Å². The average molecular weight is 156 g/mol. The van der Waals surface area contributed by atoms with Crippen LogP contribution < -0.4 is 0 Å². The van der Waals surface area contributed by atoms with E-state index >= 15 is 0 Å². The molecule has 3 aliphatic rings. The van der Waals surface area contributed by atoms with E-state index in [-0.39, 0.29) is 11.5 Å². The smallest absolute Gasteiger partial charge is 0.0628 e. The molecular weight excluding hydrogens is 140 g/mol. The van der Waals surface area contributed by atoms with E-state index < -0.39 is 0 Å². The lowest BCUT2D eigenvalue weighted by Gasteiger charge is -2.50. The fourth-order valence-electron chi connectivity index (χ4n) is 2.43. The number of ether oxygens (including phenoxy) is 1. The molecular formula is C9H16O2. The third-order valence-corrected chi connectivity index (χ3v) is 3.50. The molecule has 64 valence electrons. The van der Waals surface area contributed by atoms with Gasteiger partial charge < -0.3 is 9.84 Å². The number of hydrogen-bond donors (Lipinski definition) is 1. The van der Waals surface area contributed by atoms with E-state index in [0.717, 1.165) is 25.7 Å². The van der Waals surface area contributed by atoms with Crippen LogP contribution in [0.4, 0.5) is 0 Å². The molecule has 2 heterocycles. The first-order valence-electron chi connectivity index (χ1n) is 4.53. The summed E-state index contributed by atoms with van der Waals surface area (Å²) < 4.78 is 5.72. The van der Waals surface area contributed by atoms with Crippen LogP contribution in [0.5, 0.6) is 0 Å². The highest BCUT2D eigenvalue weighted by atomic mass is 16.5. The molecule has 2 bridgehead atoms. The number of aliphatic hydroxyl groups is 1. The number of hydrogen-bond acceptors (Lipinski definition) is 2. The predicted molar refractivity (Wildman–Crippen MR) is 42.3 cm³/mol. The van der Waals surface area contributed by atoms with E-state index in [1.807, 2.05) is 0 Å². The molecule has 0 amide bonds. The van der Waals surface area contributed by atoms with Crippen LogP contribution in [0.25, 0.3) is 0 Å². The van der Waals surface area contributed by atoms with E-state index in [4.69, 9.17) is 4.74 Å². The SMILES string of the molecule is CC1OC2CCC1(CO)CC2. The van der Waals surface area contributed by atoms with Crippen LogP contribution in [0.3, 0.4) is 0 Å². The first-order valence-corrected chi connectivity index (χ1v) is 4.53. The van der Waals surface area contributed by atoms with Crippen LogP contribution in [0.1, 0.15) is 32.6 Å². The molecule has 0 aromatic carbocycles. The Bertz CT molecular complexity index is 148. The molecule has 2 aliphatic heterocycles. The molecule has 11 heavy (non-hydrogen) atoms. The van der Waals surface area contributed by atoms with Crippen LogP contribution in [-0.2, 0) is 4.74 Å². The molecule has 1 saturated carbocycles. The van der Waals surface area contributed by atoms with Crippen LogP contribution in [-0.4, -0.2) is 23.9 Å². The minimum absolute atomic E-state index is 0.120. The maximum absolute atomic E-state index is 9.26. The van der Waals surface area contributed by atoms with Gasteiger partial charge in [-0.25, -0.2) is 0 Å². The van der Waals surface area contributed by atoms with E-state index in [9.17, 15) is 5.11 Å². The second kappa shape index (κ2) is 2.46. The van der Waals surface area contributed by atoms with Crippen molar-refractivity contribution < 1.29 is 9.84 Å². The van der Waals surface area contributed by atoms with E-state index in [0.29, 0.717) is 12.7 Å². The summed E-state index contributed by atoms with van der Waals surface area (Å²) in [5.74, 6) is 0. The van der Waals surface area contributed by atoms with Gasteiger partial charge in [0.2, 0.25) is 0 Å². The Hall–Kier alpha value is -0.0800. The van der Waals surface area contributed by atoms with E-state index in [1.54, 1.807) is 0 Å². The molecule has 1 unspecified atom stereocenters. The zero-order valence-corrected chi connectivity index (χ0v) is 7.05. The normalized spacial score (nSPS) is 49.6. The highest BCUT2D eigenvalue weighted by molar-refractivity contribution is 4.95. The Kier molecular flexibility index (Phi) is 1.69. The summed E-state index contributed by atoms with van der Waals surface area (Å²) in [6, 6.07) is 0. The van der Waals surface area contributed by atoms with Gasteiger partial charge in [0.1, 0.15) is 0 Å². The number of fused-ring (bicyclic) bond motifs is 3. The first kappa shape index (κ1) is 7.56. The third kappa shape index (κ3) is 1.00. The van der Waals surface area contributed by atoms with Gasteiger partial charge in [-0.3, -0.25) is 0 Å². The lowest BCUT2D eigenvalue weighted by atomic mass is 9.68. The predicted octanol–water partition coefficient (Wildman–Crippen LogP) is 1.33. The van der Waals surface area contributed by atoms with E-state index in [1.165, 1.54) is 0 Å². The van der Waals surface area contributed by atoms with Gasteiger partial charge in [-0.05, 0) is 32.6 Å².